The van der Waals surface area contributed by atoms with E-state index in [4.69, 9.17) is 0 Å². The third kappa shape index (κ3) is 5.82. The molecule has 0 rings (SSSR count). The number of carbonyl (C=O) groups is 2. The van der Waals surface area contributed by atoms with Gasteiger partial charge in [-0.2, -0.15) is 11.6 Å². The quantitative estimate of drug-likeness (QED) is 0.579. The zero-order valence-corrected chi connectivity index (χ0v) is 12.4. The summed E-state index contributed by atoms with van der Waals surface area (Å²) in [4.78, 5) is 22.5. The fraction of sp³-hybridized carbons (Fsp3) is 0.636. The monoisotopic (exact) mass is 270 g/mol. The van der Waals surface area contributed by atoms with Gasteiger partial charge < -0.3 is 9.59 Å². The van der Waals surface area contributed by atoms with Crippen LogP contribution in [0.1, 0.15) is 34.6 Å². The molecule has 77 valence electrons. The molecule has 0 heterocycles. The zero-order valence-electron chi connectivity index (χ0n) is 9.55. The minimum atomic E-state index is -0.105. The zero-order chi connectivity index (χ0) is 10.6. The summed E-state index contributed by atoms with van der Waals surface area (Å²) in [6.45, 7) is 8.86. The molecular formula is C11H17O2Y-. The van der Waals surface area contributed by atoms with Gasteiger partial charge in [0.15, 0.2) is 0 Å². The van der Waals surface area contributed by atoms with Gasteiger partial charge >= 0.3 is 0 Å². The Balaban J connectivity index is 0. The molecule has 0 bridgehead atoms. The van der Waals surface area contributed by atoms with Crippen molar-refractivity contribution in [3.05, 3.63) is 11.6 Å². The molecule has 0 N–H and O–H groups in total. The van der Waals surface area contributed by atoms with E-state index in [1.54, 1.807) is 20.8 Å². The van der Waals surface area contributed by atoms with Crippen molar-refractivity contribution in [1.82, 2.24) is 0 Å². The maximum atomic E-state index is 11.3. The van der Waals surface area contributed by atoms with Crippen molar-refractivity contribution in [2.75, 3.05) is 0 Å². The fourth-order valence-electron chi connectivity index (χ4n) is 0.824. The Kier molecular flexibility index (Phi) is 8.86. The van der Waals surface area contributed by atoms with E-state index in [1.807, 2.05) is 13.8 Å². The van der Waals surface area contributed by atoms with Crippen LogP contribution in [0.5, 0.6) is 0 Å². The van der Waals surface area contributed by atoms with Crippen molar-refractivity contribution in [3.8, 4) is 0 Å². The van der Waals surface area contributed by atoms with Gasteiger partial charge in [0.2, 0.25) is 0 Å². The van der Waals surface area contributed by atoms with E-state index in [2.05, 4.69) is 6.08 Å². The number of hydrogen-bond donors (Lipinski definition) is 0. The number of allylic oxidation sites excluding steroid dienone is 2. The van der Waals surface area contributed by atoms with E-state index in [0.29, 0.717) is 5.57 Å². The predicted octanol–water partition coefficient (Wildman–Crippen LogP) is 2.18. The SMILES string of the molecule is CC(=[C-]C(=O)C(C)C)C(=O)C(C)C.[Y]. The van der Waals surface area contributed by atoms with Gasteiger partial charge in [0, 0.05) is 38.5 Å². The third-order valence-corrected chi connectivity index (χ3v) is 1.73. The first-order valence-corrected chi connectivity index (χ1v) is 4.54. The number of rotatable bonds is 4. The number of hydrogen-bond acceptors (Lipinski definition) is 2. The molecule has 0 unspecified atom stereocenters. The minimum Gasteiger partial charge on any atom is -0.406 e. The van der Waals surface area contributed by atoms with Crippen LogP contribution in [0.3, 0.4) is 0 Å². The van der Waals surface area contributed by atoms with Gasteiger partial charge in [0.25, 0.3) is 0 Å². The minimum absolute atomic E-state index is 0. The Morgan fingerprint density at radius 2 is 1.43 bits per heavy atom. The summed E-state index contributed by atoms with van der Waals surface area (Å²) in [6, 6.07) is 0. The van der Waals surface area contributed by atoms with E-state index in [0.717, 1.165) is 0 Å². The summed E-state index contributed by atoms with van der Waals surface area (Å²) >= 11 is 0. The summed E-state index contributed by atoms with van der Waals surface area (Å²) in [7, 11) is 0. The van der Waals surface area contributed by atoms with Gasteiger partial charge in [-0.15, -0.1) is 0 Å². The van der Waals surface area contributed by atoms with Crippen LogP contribution in [0, 0.1) is 17.9 Å². The van der Waals surface area contributed by atoms with Gasteiger partial charge in [-0.3, -0.25) is 0 Å². The molecule has 0 amide bonds. The molecule has 0 saturated carbocycles. The Morgan fingerprint density at radius 1 is 1.00 bits per heavy atom. The number of carbonyl (C=O) groups excluding carboxylic acids is 2. The maximum absolute atomic E-state index is 11.3. The van der Waals surface area contributed by atoms with E-state index < -0.39 is 0 Å². The molecule has 0 aliphatic carbocycles. The van der Waals surface area contributed by atoms with Crippen molar-refractivity contribution in [2.24, 2.45) is 11.8 Å². The number of ketones is 2. The van der Waals surface area contributed by atoms with Crippen LogP contribution in [-0.2, 0) is 42.3 Å². The van der Waals surface area contributed by atoms with Gasteiger partial charge in [-0.1, -0.05) is 40.5 Å². The molecule has 0 aromatic heterocycles. The van der Waals surface area contributed by atoms with Crippen LogP contribution in [-0.4, -0.2) is 11.6 Å². The molecule has 0 aromatic rings. The predicted molar refractivity (Wildman–Crippen MR) is 52.1 cm³/mol. The Hall–Kier alpha value is 0.184. The summed E-state index contributed by atoms with van der Waals surface area (Å²) in [5.41, 5.74) is 0.439. The van der Waals surface area contributed by atoms with Gasteiger partial charge in [0.1, 0.15) is 0 Å². The summed E-state index contributed by atoms with van der Waals surface area (Å²) in [6.07, 6.45) is 2.59. The first-order valence-electron chi connectivity index (χ1n) is 4.54. The summed E-state index contributed by atoms with van der Waals surface area (Å²) < 4.78 is 0. The standard InChI is InChI=1S/C11H17O2.Y/c1-7(2)10(12)6-9(5)11(13)8(3)4;/h7-8H,1-5H3;/q-1;. The second kappa shape index (κ2) is 7.47. The van der Waals surface area contributed by atoms with Crippen LogP contribution in [0.25, 0.3) is 0 Å². The van der Waals surface area contributed by atoms with Crippen molar-refractivity contribution in [3.63, 3.8) is 0 Å². The van der Waals surface area contributed by atoms with Gasteiger partial charge in [-0.05, 0) is 5.92 Å². The average Bonchev–Trinajstić information content (AvgIpc) is 2.02. The van der Waals surface area contributed by atoms with Crippen molar-refractivity contribution in [1.29, 1.82) is 0 Å². The summed E-state index contributed by atoms with van der Waals surface area (Å²) in [5.74, 6) is -0.261. The van der Waals surface area contributed by atoms with Crippen LogP contribution in [0.2, 0.25) is 0 Å². The molecule has 0 atom stereocenters. The fourth-order valence-corrected chi connectivity index (χ4v) is 0.824. The molecule has 2 nitrogen and oxygen atoms in total. The van der Waals surface area contributed by atoms with Gasteiger partial charge in [-0.25, -0.2) is 0 Å². The van der Waals surface area contributed by atoms with E-state index >= 15 is 0 Å². The molecule has 3 heteroatoms. The molecule has 0 saturated heterocycles. The molecule has 1 radical (unpaired) electrons. The van der Waals surface area contributed by atoms with Gasteiger partial charge in [0.05, 0.1) is 5.78 Å². The van der Waals surface area contributed by atoms with E-state index in [1.165, 1.54) is 0 Å². The molecule has 14 heavy (non-hydrogen) atoms. The third-order valence-electron chi connectivity index (χ3n) is 1.73. The first kappa shape index (κ1) is 16.6. The largest absolute Gasteiger partial charge is 0.406 e. The van der Waals surface area contributed by atoms with Crippen LogP contribution in [0.15, 0.2) is 5.57 Å². The molecule has 0 aliphatic heterocycles. The Bertz CT molecular complexity index is 240. The molecular weight excluding hydrogens is 253 g/mol. The van der Waals surface area contributed by atoms with Crippen LogP contribution < -0.4 is 0 Å². The Labute approximate surface area is 111 Å². The maximum Gasteiger partial charge on any atom is 0.0696 e. The van der Waals surface area contributed by atoms with E-state index in [-0.39, 0.29) is 56.1 Å². The molecule has 0 fully saturated rings. The summed E-state index contributed by atoms with van der Waals surface area (Å²) in [5, 5.41) is 0. The smallest absolute Gasteiger partial charge is 0.0696 e. The topological polar surface area (TPSA) is 34.1 Å². The Morgan fingerprint density at radius 3 is 1.71 bits per heavy atom. The second-order valence-electron chi connectivity index (χ2n) is 3.79. The molecule has 0 aromatic carbocycles. The van der Waals surface area contributed by atoms with Crippen molar-refractivity contribution < 1.29 is 42.3 Å². The second-order valence-corrected chi connectivity index (χ2v) is 3.79. The normalized spacial score (nSPS) is 11.5. The van der Waals surface area contributed by atoms with Crippen molar-refractivity contribution >= 4 is 11.6 Å². The van der Waals surface area contributed by atoms with Crippen molar-refractivity contribution in [2.45, 2.75) is 34.6 Å². The average molecular weight is 270 g/mol. The van der Waals surface area contributed by atoms with E-state index in [9.17, 15) is 9.59 Å². The van der Waals surface area contributed by atoms with Crippen LogP contribution >= 0.6 is 0 Å². The number of Topliss-reactive ketones (excluding diaryl/α,β-unsaturated/α-hetero) is 2. The first-order chi connectivity index (χ1) is 5.86. The van der Waals surface area contributed by atoms with Crippen LogP contribution in [0.4, 0.5) is 0 Å². The molecule has 0 aliphatic rings. The molecule has 0 spiro atoms.